The summed E-state index contributed by atoms with van der Waals surface area (Å²) in [5, 5.41) is 20.4. The summed E-state index contributed by atoms with van der Waals surface area (Å²) in [6.45, 7) is 0. The van der Waals surface area contributed by atoms with Crippen LogP contribution in [-0.4, -0.2) is 28.3 Å². The van der Waals surface area contributed by atoms with Gasteiger partial charge in [-0.2, -0.15) is 5.26 Å². The minimum absolute atomic E-state index is 0.0652. The van der Waals surface area contributed by atoms with Crippen molar-refractivity contribution < 1.29 is 9.53 Å². The van der Waals surface area contributed by atoms with Gasteiger partial charge in [0.15, 0.2) is 5.69 Å². The van der Waals surface area contributed by atoms with Gasteiger partial charge in [-0.05, 0) is 49.9 Å². The highest BCUT2D eigenvalue weighted by atomic mass is 35.5. The topological polar surface area (TPSA) is 87.9 Å². The molecule has 6 nitrogen and oxygen atoms in total. The molecule has 0 bridgehead atoms. The van der Waals surface area contributed by atoms with Crippen molar-refractivity contribution in [1.82, 2.24) is 15.5 Å². The fourth-order valence-electron chi connectivity index (χ4n) is 2.88. The lowest BCUT2D eigenvalue weighted by atomic mass is 9.93. The Balaban J connectivity index is 1.49. The standard InChI is InChI=1S/C18H17ClN4O2S/c19-15-9-14(4-1-11(15)10-20)25-13-5-2-12(3-6-13)21-18(24)16-7-8-17(26)23-22-16/h1,4,7-9,12-13H,2-3,5-6H2,(H,21,24)(H,23,26)/t12-,13-. The molecule has 1 aromatic carbocycles. The molecule has 1 saturated carbocycles. The lowest BCUT2D eigenvalue weighted by molar-refractivity contribution is 0.0888. The van der Waals surface area contributed by atoms with Gasteiger partial charge >= 0.3 is 0 Å². The van der Waals surface area contributed by atoms with Gasteiger partial charge in [-0.3, -0.25) is 4.79 Å². The Bertz CT molecular complexity index is 830. The van der Waals surface area contributed by atoms with Gasteiger partial charge in [0, 0.05) is 12.1 Å². The first-order chi connectivity index (χ1) is 12.5. The summed E-state index contributed by atoms with van der Waals surface area (Å²) in [4.78, 5) is 12.2. The maximum Gasteiger partial charge on any atom is 0.272 e. The molecule has 2 aromatic rings. The molecule has 1 fully saturated rings. The highest BCUT2D eigenvalue weighted by Gasteiger charge is 2.24. The van der Waals surface area contributed by atoms with Gasteiger partial charge in [0.25, 0.3) is 5.91 Å². The first-order valence-electron chi connectivity index (χ1n) is 8.25. The molecule has 1 N–H and O–H groups in total. The maximum absolute atomic E-state index is 12.2. The number of hydrogen-bond acceptors (Lipinski definition) is 6. The van der Waals surface area contributed by atoms with Crippen LogP contribution in [0.1, 0.15) is 41.7 Å². The van der Waals surface area contributed by atoms with Crippen molar-refractivity contribution in [2.24, 2.45) is 0 Å². The largest absolute Gasteiger partial charge is 0.490 e. The number of ether oxygens (including phenoxy) is 1. The predicted octanol–water partition coefficient (Wildman–Crippen LogP) is 3.41. The number of benzene rings is 1. The zero-order valence-corrected chi connectivity index (χ0v) is 15.5. The van der Waals surface area contributed by atoms with Crippen LogP contribution in [0.4, 0.5) is 0 Å². The Labute approximate surface area is 161 Å². The molecule has 0 atom stereocenters. The molecule has 0 unspecified atom stereocenters. The number of carbonyl (C=O) groups is 1. The smallest absolute Gasteiger partial charge is 0.272 e. The molecule has 3 rings (SSSR count). The van der Waals surface area contributed by atoms with Crippen molar-refractivity contribution in [3.8, 4) is 11.8 Å². The zero-order valence-electron chi connectivity index (χ0n) is 13.9. The van der Waals surface area contributed by atoms with Crippen LogP contribution in [0.25, 0.3) is 0 Å². The quantitative estimate of drug-likeness (QED) is 0.783. The Morgan fingerprint density at radius 1 is 1.23 bits per heavy atom. The molecule has 0 aliphatic heterocycles. The van der Waals surface area contributed by atoms with Crippen molar-refractivity contribution in [1.29, 1.82) is 5.26 Å². The highest BCUT2D eigenvalue weighted by molar-refractivity contribution is 7.80. The van der Waals surface area contributed by atoms with E-state index in [1.54, 1.807) is 30.3 Å². The van der Waals surface area contributed by atoms with E-state index in [0.717, 1.165) is 25.7 Å². The summed E-state index contributed by atoms with van der Waals surface area (Å²) in [6, 6.07) is 10.4. The Hall–Kier alpha value is -2.30. The number of amides is 1. The van der Waals surface area contributed by atoms with E-state index in [1.165, 1.54) is 0 Å². The van der Waals surface area contributed by atoms with E-state index in [2.05, 4.69) is 28.1 Å². The van der Waals surface area contributed by atoms with Crippen LogP contribution in [0, 0.1) is 11.3 Å². The summed E-state index contributed by atoms with van der Waals surface area (Å²) in [6.07, 6.45) is 3.35. The molecular formula is C18H17ClN4O2S. The highest BCUT2D eigenvalue weighted by Crippen LogP contribution is 2.27. The van der Waals surface area contributed by atoms with Crippen LogP contribution in [0.15, 0.2) is 35.4 Å². The number of aromatic nitrogens is 2. The minimum atomic E-state index is -0.228. The van der Waals surface area contributed by atoms with Crippen LogP contribution < -0.4 is 10.1 Å². The first-order valence-corrected chi connectivity index (χ1v) is 9.07. The maximum atomic E-state index is 12.2. The zero-order chi connectivity index (χ0) is 18.5. The van der Waals surface area contributed by atoms with Crippen LogP contribution in [0.3, 0.4) is 0 Å². The molecule has 26 heavy (non-hydrogen) atoms. The van der Waals surface area contributed by atoms with Crippen molar-refractivity contribution >= 4 is 30.1 Å². The van der Waals surface area contributed by atoms with Crippen LogP contribution in [0.2, 0.25) is 5.02 Å². The molecule has 1 amide bonds. The second-order valence-corrected chi connectivity index (χ2v) is 6.96. The van der Waals surface area contributed by atoms with E-state index in [1.807, 2.05) is 6.07 Å². The van der Waals surface area contributed by atoms with Crippen molar-refractivity contribution in [3.05, 3.63) is 46.6 Å². The van der Waals surface area contributed by atoms with E-state index in [0.29, 0.717) is 21.4 Å². The van der Waals surface area contributed by atoms with E-state index in [4.69, 9.17) is 21.6 Å². The number of nitrogens with one attached hydrogen (secondary N) is 1. The molecule has 1 heterocycles. The second kappa shape index (κ2) is 8.39. The van der Waals surface area contributed by atoms with Crippen LogP contribution >= 0.6 is 24.2 Å². The molecule has 0 radical (unpaired) electrons. The molecule has 0 spiro atoms. The van der Waals surface area contributed by atoms with Crippen molar-refractivity contribution in [2.75, 3.05) is 0 Å². The molecule has 1 aliphatic rings. The molecule has 0 saturated heterocycles. The third kappa shape index (κ3) is 4.65. The predicted molar refractivity (Wildman–Crippen MR) is 99.6 cm³/mol. The van der Waals surface area contributed by atoms with Crippen LogP contribution in [0.5, 0.6) is 5.75 Å². The molecule has 1 aliphatic carbocycles. The number of rotatable bonds is 4. The minimum Gasteiger partial charge on any atom is -0.490 e. The average Bonchev–Trinajstić information content (AvgIpc) is 2.64. The van der Waals surface area contributed by atoms with Gasteiger partial charge in [-0.25, -0.2) is 0 Å². The van der Waals surface area contributed by atoms with Crippen molar-refractivity contribution in [2.45, 2.75) is 42.9 Å². The number of thiol groups is 1. The second-order valence-electron chi connectivity index (χ2n) is 6.10. The Morgan fingerprint density at radius 3 is 2.62 bits per heavy atom. The summed E-state index contributed by atoms with van der Waals surface area (Å²) >= 11 is 10.1. The van der Waals surface area contributed by atoms with E-state index < -0.39 is 0 Å². The SMILES string of the molecule is N#Cc1ccc(O[C@H]2CC[C@H](NC(=O)c3ccc(S)nn3)CC2)cc1Cl. The Kier molecular flexibility index (Phi) is 5.96. The van der Waals surface area contributed by atoms with Gasteiger partial charge in [0.05, 0.1) is 16.7 Å². The lowest BCUT2D eigenvalue weighted by Gasteiger charge is -2.29. The van der Waals surface area contributed by atoms with E-state index in [-0.39, 0.29) is 23.7 Å². The summed E-state index contributed by atoms with van der Waals surface area (Å²) in [5.41, 5.74) is 0.716. The fourth-order valence-corrected chi connectivity index (χ4v) is 3.21. The van der Waals surface area contributed by atoms with Crippen LogP contribution in [-0.2, 0) is 0 Å². The number of carbonyl (C=O) groups excluding carboxylic acids is 1. The third-order valence-electron chi connectivity index (χ3n) is 4.26. The van der Waals surface area contributed by atoms with Crippen molar-refractivity contribution in [3.63, 3.8) is 0 Å². The van der Waals surface area contributed by atoms with Gasteiger partial charge in [-0.1, -0.05) is 11.6 Å². The number of nitrogens with zero attached hydrogens (tertiary/aromatic N) is 3. The summed E-state index contributed by atoms with van der Waals surface area (Å²) in [5.74, 6) is 0.428. The molecule has 134 valence electrons. The fraction of sp³-hybridized carbons (Fsp3) is 0.333. The lowest BCUT2D eigenvalue weighted by Crippen LogP contribution is -2.40. The van der Waals surface area contributed by atoms with Gasteiger partial charge in [0.2, 0.25) is 0 Å². The number of hydrogen-bond donors (Lipinski definition) is 2. The van der Waals surface area contributed by atoms with Gasteiger partial charge in [0.1, 0.15) is 16.8 Å². The third-order valence-corrected chi connectivity index (χ3v) is 4.81. The number of halogens is 1. The van der Waals surface area contributed by atoms with E-state index >= 15 is 0 Å². The molecule has 8 heteroatoms. The van der Waals surface area contributed by atoms with Gasteiger partial charge in [-0.15, -0.1) is 22.8 Å². The van der Waals surface area contributed by atoms with E-state index in [9.17, 15) is 4.79 Å². The molecular weight excluding hydrogens is 372 g/mol. The Morgan fingerprint density at radius 2 is 2.00 bits per heavy atom. The first kappa shape index (κ1) is 18.5. The monoisotopic (exact) mass is 388 g/mol. The van der Waals surface area contributed by atoms with Gasteiger partial charge < -0.3 is 10.1 Å². The normalized spacial score (nSPS) is 19.4. The summed E-state index contributed by atoms with van der Waals surface area (Å²) < 4.78 is 5.95. The molecule has 1 aromatic heterocycles. The number of nitriles is 1. The summed E-state index contributed by atoms with van der Waals surface area (Å²) in [7, 11) is 0. The average molecular weight is 389 g/mol.